The molecule has 0 aliphatic heterocycles. The van der Waals surface area contributed by atoms with Crippen LogP contribution in [0.2, 0.25) is 0 Å². The molecule has 1 heteroatoms. The molecule has 0 heterocycles. The fraction of sp³-hybridized carbons (Fsp3) is 0.667. The van der Waals surface area contributed by atoms with Crippen LogP contribution in [-0.2, 0) is 5.41 Å². The number of rotatable bonds is 8. The van der Waals surface area contributed by atoms with Crippen molar-refractivity contribution in [3.8, 4) is 5.75 Å². The number of ether oxygens (including phenoxy) is 1. The number of benzene rings is 1. The molecule has 0 aliphatic rings. The minimum atomic E-state index is 0.189. The fourth-order valence-corrected chi connectivity index (χ4v) is 2.03. The lowest BCUT2D eigenvalue weighted by atomic mass is 9.87. The zero-order valence-corrected chi connectivity index (χ0v) is 13.1. The van der Waals surface area contributed by atoms with Crippen LogP contribution in [0.15, 0.2) is 18.2 Å². The summed E-state index contributed by atoms with van der Waals surface area (Å²) in [5.74, 6) is 0.876. The first-order chi connectivity index (χ1) is 9.04. The van der Waals surface area contributed by atoms with Crippen molar-refractivity contribution in [1.29, 1.82) is 0 Å². The summed E-state index contributed by atoms with van der Waals surface area (Å²) in [4.78, 5) is 0. The summed E-state index contributed by atoms with van der Waals surface area (Å²) in [6, 6.07) is 9.47. The van der Waals surface area contributed by atoms with Crippen LogP contribution in [0.25, 0.3) is 0 Å². The molecule has 1 rings (SSSR count). The zero-order valence-electron chi connectivity index (χ0n) is 13.1. The van der Waals surface area contributed by atoms with E-state index in [-0.39, 0.29) is 5.41 Å². The van der Waals surface area contributed by atoms with Crippen LogP contribution in [0.5, 0.6) is 5.75 Å². The van der Waals surface area contributed by atoms with E-state index in [1.165, 1.54) is 37.7 Å². The summed E-state index contributed by atoms with van der Waals surface area (Å²) in [7, 11) is 0. The third kappa shape index (κ3) is 6.66. The van der Waals surface area contributed by atoms with Gasteiger partial charge in [-0.1, -0.05) is 65.9 Å². The van der Waals surface area contributed by atoms with Gasteiger partial charge in [0, 0.05) is 6.07 Å². The maximum Gasteiger partial charge on any atom is 0.127 e. The maximum absolute atomic E-state index is 5.72. The Morgan fingerprint density at radius 2 is 1.68 bits per heavy atom. The molecule has 0 fully saturated rings. The summed E-state index contributed by atoms with van der Waals surface area (Å²) in [5, 5.41) is 0. The van der Waals surface area contributed by atoms with Crippen molar-refractivity contribution in [2.45, 2.75) is 71.6 Å². The van der Waals surface area contributed by atoms with Crippen LogP contribution in [0.3, 0.4) is 0 Å². The van der Waals surface area contributed by atoms with Gasteiger partial charge in [-0.2, -0.15) is 0 Å². The summed E-state index contributed by atoms with van der Waals surface area (Å²) < 4.78 is 5.72. The van der Waals surface area contributed by atoms with Crippen molar-refractivity contribution >= 4 is 0 Å². The Hall–Kier alpha value is -0.980. The van der Waals surface area contributed by atoms with Crippen LogP contribution >= 0.6 is 0 Å². The van der Waals surface area contributed by atoms with E-state index in [0.717, 1.165) is 18.8 Å². The van der Waals surface area contributed by atoms with Crippen LogP contribution < -0.4 is 4.74 Å². The number of hydrogen-bond acceptors (Lipinski definition) is 1. The summed E-state index contributed by atoms with van der Waals surface area (Å²) >= 11 is 0. The monoisotopic (exact) mass is 261 g/mol. The highest BCUT2D eigenvalue weighted by molar-refractivity contribution is 5.29. The van der Waals surface area contributed by atoms with Crippen molar-refractivity contribution < 1.29 is 4.74 Å². The predicted octanol–water partition coefficient (Wildman–Crippen LogP) is 5.52. The smallest absolute Gasteiger partial charge is 0.127 e. The molecule has 1 nitrogen and oxygen atoms in total. The third-order valence-electron chi connectivity index (χ3n) is 3.41. The molecule has 0 bridgehead atoms. The fourth-order valence-electron chi connectivity index (χ4n) is 2.03. The zero-order chi connectivity index (χ0) is 14.1. The van der Waals surface area contributed by atoms with Crippen molar-refractivity contribution in [3.05, 3.63) is 29.8 Å². The molecule has 0 amide bonds. The highest BCUT2D eigenvalue weighted by Crippen LogP contribution is 2.23. The molecule has 0 aliphatic carbocycles. The second-order valence-electron chi connectivity index (χ2n) is 6.31. The predicted molar refractivity (Wildman–Crippen MR) is 82.8 cm³/mol. The molecule has 0 saturated heterocycles. The van der Waals surface area contributed by atoms with Crippen LogP contribution in [-0.4, -0.2) is 6.61 Å². The first-order valence-corrected chi connectivity index (χ1v) is 7.69. The van der Waals surface area contributed by atoms with E-state index < -0.39 is 0 Å². The SMILES string of the molecule is CCCCCCCCOc1[c]cc(C(C)(C)C)cc1. The third-order valence-corrected chi connectivity index (χ3v) is 3.41. The van der Waals surface area contributed by atoms with E-state index in [2.05, 4.69) is 45.9 Å². The minimum Gasteiger partial charge on any atom is -0.493 e. The first kappa shape index (κ1) is 16.1. The summed E-state index contributed by atoms with van der Waals surface area (Å²) in [6.07, 6.45) is 7.81. The topological polar surface area (TPSA) is 9.23 Å². The van der Waals surface area contributed by atoms with Gasteiger partial charge >= 0.3 is 0 Å². The molecule has 0 atom stereocenters. The lowest BCUT2D eigenvalue weighted by Gasteiger charge is -2.19. The molecule has 107 valence electrons. The lowest BCUT2D eigenvalue weighted by Crippen LogP contribution is -2.10. The van der Waals surface area contributed by atoms with Gasteiger partial charge in [-0.05, 0) is 29.5 Å². The molecule has 0 unspecified atom stereocenters. The molecular formula is C18H29O. The highest BCUT2D eigenvalue weighted by Gasteiger charge is 2.12. The number of hydrogen-bond donors (Lipinski definition) is 0. The Morgan fingerprint density at radius 1 is 1.00 bits per heavy atom. The highest BCUT2D eigenvalue weighted by atomic mass is 16.5. The largest absolute Gasteiger partial charge is 0.493 e. The van der Waals surface area contributed by atoms with Gasteiger partial charge in [0.15, 0.2) is 0 Å². The summed E-state index contributed by atoms with van der Waals surface area (Å²) in [6.45, 7) is 9.71. The molecule has 1 radical (unpaired) electrons. The second kappa shape index (κ2) is 8.24. The Bertz CT molecular complexity index is 332. The van der Waals surface area contributed by atoms with Gasteiger partial charge in [0.05, 0.1) is 6.61 Å². The van der Waals surface area contributed by atoms with E-state index in [0.29, 0.717) is 0 Å². The van der Waals surface area contributed by atoms with E-state index in [4.69, 9.17) is 4.74 Å². The second-order valence-corrected chi connectivity index (χ2v) is 6.31. The van der Waals surface area contributed by atoms with Crippen LogP contribution in [0, 0.1) is 6.07 Å². The van der Waals surface area contributed by atoms with Gasteiger partial charge < -0.3 is 4.74 Å². The molecule has 0 aromatic heterocycles. The molecule has 1 aromatic carbocycles. The van der Waals surface area contributed by atoms with E-state index in [1.807, 2.05) is 6.07 Å². The Morgan fingerprint density at radius 3 is 2.26 bits per heavy atom. The first-order valence-electron chi connectivity index (χ1n) is 7.69. The van der Waals surface area contributed by atoms with E-state index in [1.54, 1.807) is 0 Å². The maximum atomic E-state index is 5.72. The quantitative estimate of drug-likeness (QED) is 0.559. The van der Waals surface area contributed by atoms with Crippen molar-refractivity contribution in [2.24, 2.45) is 0 Å². The van der Waals surface area contributed by atoms with Crippen molar-refractivity contribution in [1.82, 2.24) is 0 Å². The Labute approximate surface area is 119 Å². The average molecular weight is 261 g/mol. The standard InChI is InChI=1S/C18H29O/c1-5-6-7-8-9-10-15-19-17-13-11-16(12-14-17)18(2,3)4/h11-13H,5-10,15H2,1-4H3. The molecule has 0 spiro atoms. The molecular weight excluding hydrogens is 232 g/mol. The van der Waals surface area contributed by atoms with Crippen LogP contribution in [0.4, 0.5) is 0 Å². The van der Waals surface area contributed by atoms with Gasteiger partial charge in [0.2, 0.25) is 0 Å². The van der Waals surface area contributed by atoms with E-state index >= 15 is 0 Å². The van der Waals surface area contributed by atoms with Gasteiger partial charge in [0.1, 0.15) is 5.75 Å². The Kier molecular flexibility index (Phi) is 6.97. The van der Waals surface area contributed by atoms with Gasteiger partial charge in [-0.15, -0.1) is 0 Å². The van der Waals surface area contributed by atoms with Gasteiger partial charge in [-0.25, -0.2) is 0 Å². The molecule has 1 aromatic rings. The Balaban J connectivity index is 2.20. The average Bonchev–Trinajstić information content (AvgIpc) is 2.37. The normalized spacial score (nSPS) is 11.6. The molecule has 0 N–H and O–H groups in total. The van der Waals surface area contributed by atoms with Gasteiger partial charge in [0.25, 0.3) is 0 Å². The lowest BCUT2D eigenvalue weighted by molar-refractivity contribution is 0.303. The van der Waals surface area contributed by atoms with Crippen LogP contribution in [0.1, 0.15) is 71.8 Å². The van der Waals surface area contributed by atoms with Gasteiger partial charge in [-0.3, -0.25) is 0 Å². The van der Waals surface area contributed by atoms with Crippen molar-refractivity contribution in [2.75, 3.05) is 6.61 Å². The summed E-state index contributed by atoms with van der Waals surface area (Å²) in [5.41, 5.74) is 1.49. The molecule has 0 saturated carbocycles. The molecule has 19 heavy (non-hydrogen) atoms. The van der Waals surface area contributed by atoms with Crippen molar-refractivity contribution in [3.63, 3.8) is 0 Å². The van der Waals surface area contributed by atoms with E-state index in [9.17, 15) is 0 Å². The number of unbranched alkanes of at least 4 members (excludes halogenated alkanes) is 5. The minimum absolute atomic E-state index is 0.189.